The maximum Gasteiger partial charge on any atom is 0.438 e. The molecule has 4 rings (SSSR count). The van der Waals surface area contributed by atoms with Crippen molar-refractivity contribution in [1.29, 1.82) is 0 Å². The molecule has 1 N–H and O–H groups in total. The smallest absolute Gasteiger partial charge is 0.323 e. The van der Waals surface area contributed by atoms with Gasteiger partial charge in [0.2, 0.25) is 0 Å². The minimum atomic E-state index is -0.575. The number of H-pyrrole nitrogens is 1. The van der Waals surface area contributed by atoms with Crippen LogP contribution in [0, 0.1) is 0 Å². The maximum atomic E-state index is 12.9. The Morgan fingerprint density at radius 3 is 2.96 bits per heavy atom. The molecule has 0 unspecified atom stereocenters. The number of anilines is 1. The molecule has 9 heteroatoms. The number of thiophene rings is 1. The molecule has 128 valence electrons. The van der Waals surface area contributed by atoms with Gasteiger partial charge in [0, 0.05) is 19.3 Å². The third-order valence-corrected chi connectivity index (χ3v) is 4.84. The molecule has 1 aliphatic rings. The van der Waals surface area contributed by atoms with Crippen LogP contribution in [0.1, 0.15) is 17.3 Å². The molecule has 2 amide bonds. The number of aromatic amines is 1. The number of rotatable bonds is 4. The first-order valence-electron chi connectivity index (χ1n) is 7.74. The van der Waals surface area contributed by atoms with Gasteiger partial charge in [-0.25, -0.2) is 9.59 Å². The number of aromatic nitrogens is 3. The first-order chi connectivity index (χ1) is 12.2. The second-order valence-electron chi connectivity index (χ2n) is 5.79. The van der Waals surface area contributed by atoms with Gasteiger partial charge in [0.15, 0.2) is 5.82 Å². The number of pyridine rings is 1. The van der Waals surface area contributed by atoms with Crippen molar-refractivity contribution in [2.24, 2.45) is 0 Å². The lowest BCUT2D eigenvalue weighted by atomic mass is 10.00. The standard InChI is InChI=1S/C16H15N5O3S/c22-15-18-14(19-24-15)12-8-20(9-12)16(23)21(7-11-3-5-25-10-11)13-2-1-4-17-6-13/h1-6,10,12H,7-9H2,(H,18,19,22). The molecule has 1 aliphatic heterocycles. The zero-order valence-corrected chi connectivity index (χ0v) is 14.0. The van der Waals surface area contributed by atoms with Crippen LogP contribution in [-0.2, 0) is 6.54 Å². The molecule has 0 aliphatic carbocycles. The molecule has 4 heterocycles. The number of carbonyl (C=O) groups excluding carboxylic acids is 1. The van der Waals surface area contributed by atoms with Gasteiger partial charge >= 0.3 is 11.8 Å². The average Bonchev–Trinajstić information content (AvgIpc) is 3.24. The minimum absolute atomic E-state index is 0.00713. The van der Waals surface area contributed by atoms with Crippen molar-refractivity contribution in [3.63, 3.8) is 0 Å². The van der Waals surface area contributed by atoms with Crippen molar-refractivity contribution in [3.05, 3.63) is 63.3 Å². The van der Waals surface area contributed by atoms with E-state index < -0.39 is 5.76 Å². The van der Waals surface area contributed by atoms with Crippen LogP contribution in [0.15, 0.2) is 50.7 Å². The number of hydrogen-bond donors (Lipinski definition) is 1. The highest BCUT2D eigenvalue weighted by molar-refractivity contribution is 7.07. The van der Waals surface area contributed by atoms with Gasteiger partial charge in [0.25, 0.3) is 0 Å². The third-order valence-electron chi connectivity index (χ3n) is 4.11. The van der Waals surface area contributed by atoms with E-state index in [2.05, 4.69) is 19.6 Å². The van der Waals surface area contributed by atoms with Gasteiger partial charge in [-0.1, -0.05) is 5.16 Å². The molecule has 1 saturated heterocycles. The van der Waals surface area contributed by atoms with Crippen LogP contribution in [0.2, 0.25) is 0 Å². The largest absolute Gasteiger partial charge is 0.438 e. The summed E-state index contributed by atoms with van der Waals surface area (Å²) in [4.78, 5) is 34.1. The summed E-state index contributed by atoms with van der Waals surface area (Å²) in [5.41, 5.74) is 1.82. The Labute approximate surface area is 146 Å². The van der Waals surface area contributed by atoms with Crippen LogP contribution >= 0.6 is 11.3 Å². The highest BCUT2D eigenvalue weighted by Gasteiger charge is 2.37. The quantitative estimate of drug-likeness (QED) is 0.771. The molecule has 0 atom stereocenters. The first kappa shape index (κ1) is 15.6. The van der Waals surface area contributed by atoms with Crippen LogP contribution in [0.4, 0.5) is 10.5 Å². The van der Waals surface area contributed by atoms with Gasteiger partial charge in [0.1, 0.15) is 0 Å². The summed E-state index contributed by atoms with van der Waals surface area (Å²) in [5.74, 6) is -0.0960. The van der Waals surface area contributed by atoms with E-state index in [1.165, 1.54) is 0 Å². The van der Waals surface area contributed by atoms with Crippen molar-refractivity contribution >= 4 is 23.1 Å². The first-order valence-corrected chi connectivity index (χ1v) is 8.68. The number of carbonyl (C=O) groups is 1. The molecule has 0 aromatic carbocycles. The molecule has 0 radical (unpaired) electrons. The summed E-state index contributed by atoms with van der Waals surface area (Å²) in [5, 5.41) is 7.70. The topological polar surface area (TPSA) is 95.3 Å². The van der Waals surface area contributed by atoms with E-state index in [0.29, 0.717) is 25.5 Å². The summed E-state index contributed by atoms with van der Waals surface area (Å²) in [6.07, 6.45) is 3.36. The number of urea groups is 1. The van der Waals surface area contributed by atoms with Gasteiger partial charge < -0.3 is 4.90 Å². The Hall–Kier alpha value is -2.94. The molecule has 0 saturated carbocycles. The summed E-state index contributed by atoms with van der Waals surface area (Å²) < 4.78 is 4.52. The summed E-state index contributed by atoms with van der Waals surface area (Å²) in [6.45, 7) is 1.46. The monoisotopic (exact) mass is 357 g/mol. The van der Waals surface area contributed by atoms with Gasteiger partial charge in [-0.2, -0.15) is 11.3 Å². The summed E-state index contributed by atoms with van der Waals surface area (Å²) in [7, 11) is 0. The molecule has 8 nitrogen and oxygen atoms in total. The summed E-state index contributed by atoms with van der Waals surface area (Å²) >= 11 is 1.60. The van der Waals surface area contributed by atoms with Crippen molar-refractivity contribution in [2.45, 2.75) is 12.5 Å². The normalized spacial score (nSPS) is 14.3. The van der Waals surface area contributed by atoms with Crippen molar-refractivity contribution in [2.75, 3.05) is 18.0 Å². The fourth-order valence-corrected chi connectivity index (χ4v) is 3.40. The Morgan fingerprint density at radius 2 is 2.32 bits per heavy atom. The molecule has 0 bridgehead atoms. The zero-order valence-electron chi connectivity index (χ0n) is 13.2. The number of amides is 2. The third kappa shape index (κ3) is 3.18. The lowest BCUT2D eigenvalue weighted by Gasteiger charge is -2.40. The number of likely N-dealkylation sites (tertiary alicyclic amines) is 1. The van der Waals surface area contributed by atoms with Crippen molar-refractivity contribution < 1.29 is 9.32 Å². The van der Waals surface area contributed by atoms with Gasteiger partial charge in [-0.3, -0.25) is 19.4 Å². The van der Waals surface area contributed by atoms with Crippen LogP contribution in [0.3, 0.4) is 0 Å². The highest BCUT2D eigenvalue weighted by Crippen LogP contribution is 2.27. The molecular formula is C16H15N5O3S. The van der Waals surface area contributed by atoms with Gasteiger partial charge in [-0.05, 0) is 34.5 Å². The SMILES string of the molecule is O=C(N1CC(c2noc(=O)[nH]2)C1)N(Cc1ccsc1)c1cccnc1. The molecular weight excluding hydrogens is 342 g/mol. The van der Waals surface area contributed by atoms with E-state index in [0.717, 1.165) is 11.3 Å². The number of hydrogen-bond acceptors (Lipinski definition) is 6. The van der Waals surface area contributed by atoms with Gasteiger partial charge in [-0.15, -0.1) is 0 Å². The molecule has 0 spiro atoms. The van der Waals surface area contributed by atoms with Crippen molar-refractivity contribution in [3.8, 4) is 0 Å². The van der Waals surface area contributed by atoms with Crippen LogP contribution < -0.4 is 10.7 Å². The van der Waals surface area contributed by atoms with E-state index in [-0.39, 0.29) is 11.9 Å². The fourth-order valence-electron chi connectivity index (χ4n) is 2.74. The second kappa shape index (κ2) is 6.52. The lowest BCUT2D eigenvalue weighted by molar-refractivity contribution is 0.153. The Balaban J connectivity index is 1.49. The highest BCUT2D eigenvalue weighted by atomic mass is 32.1. The number of nitrogens with zero attached hydrogens (tertiary/aromatic N) is 4. The van der Waals surface area contributed by atoms with E-state index >= 15 is 0 Å². The second-order valence-corrected chi connectivity index (χ2v) is 6.57. The van der Waals surface area contributed by atoms with Gasteiger partial charge in [0.05, 0.1) is 24.3 Å². The van der Waals surface area contributed by atoms with E-state index in [1.807, 2.05) is 29.0 Å². The minimum Gasteiger partial charge on any atom is -0.323 e. The van der Waals surface area contributed by atoms with Crippen LogP contribution in [0.5, 0.6) is 0 Å². The average molecular weight is 357 g/mol. The predicted molar refractivity (Wildman–Crippen MR) is 91.6 cm³/mol. The molecule has 1 fully saturated rings. The van der Waals surface area contributed by atoms with Crippen LogP contribution in [-0.4, -0.2) is 39.1 Å². The van der Waals surface area contributed by atoms with E-state index in [1.54, 1.807) is 33.5 Å². The fraction of sp³-hybridized carbons (Fsp3) is 0.250. The Morgan fingerprint density at radius 1 is 1.44 bits per heavy atom. The van der Waals surface area contributed by atoms with Crippen molar-refractivity contribution in [1.82, 2.24) is 20.0 Å². The summed E-state index contributed by atoms with van der Waals surface area (Å²) in [6, 6.07) is 5.58. The maximum absolute atomic E-state index is 12.9. The van der Waals surface area contributed by atoms with Crippen LogP contribution in [0.25, 0.3) is 0 Å². The van der Waals surface area contributed by atoms with E-state index in [4.69, 9.17) is 0 Å². The predicted octanol–water partition coefficient (Wildman–Crippen LogP) is 2.05. The Kier molecular flexibility index (Phi) is 4.06. The Bertz CT molecular complexity index is 899. The molecule has 3 aromatic rings. The van der Waals surface area contributed by atoms with E-state index in [9.17, 15) is 9.59 Å². The molecule has 3 aromatic heterocycles. The lowest BCUT2D eigenvalue weighted by Crippen LogP contribution is -2.54. The zero-order chi connectivity index (χ0) is 17.2. The number of nitrogens with one attached hydrogen (secondary N) is 1. The molecule has 25 heavy (non-hydrogen) atoms.